The standard InChI is InChI=1S/C16H10Cl4O3/c17-11-3-2-10(12(18)7-11)8-23-16-13(19)5-9(6-14(16)20)1-4-15(21)22/h1-7H,8H2,(H,21,22)/b4-1+. The van der Waals surface area contributed by atoms with Gasteiger partial charge in [-0.25, -0.2) is 4.79 Å². The summed E-state index contributed by atoms with van der Waals surface area (Å²) < 4.78 is 5.62. The Hall–Kier alpha value is -1.39. The second-order valence-electron chi connectivity index (χ2n) is 4.51. The van der Waals surface area contributed by atoms with Crippen molar-refractivity contribution in [2.24, 2.45) is 0 Å². The van der Waals surface area contributed by atoms with E-state index in [2.05, 4.69) is 0 Å². The summed E-state index contributed by atoms with van der Waals surface area (Å²) in [5, 5.41) is 10.2. The predicted molar refractivity (Wildman–Crippen MR) is 93.9 cm³/mol. The molecule has 0 saturated heterocycles. The summed E-state index contributed by atoms with van der Waals surface area (Å²) in [6.45, 7) is 0.166. The van der Waals surface area contributed by atoms with E-state index in [9.17, 15) is 4.79 Å². The summed E-state index contributed by atoms with van der Waals surface area (Å²) >= 11 is 24.2. The average Bonchev–Trinajstić information content (AvgIpc) is 2.46. The highest BCUT2D eigenvalue weighted by Crippen LogP contribution is 2.35. The van der Waals surface area contributed by atoms with Crippen molar-refractivity contribution >= 4 is 58.4 Å². The first kappa shape index (κ1) is 18.0. The largest absolute Gasteiger partial charge is 0.486 e. The SMILES string of the molecule is O=C(O)/C=C/c1cc(Cl)c(OCc2ccc(Cl)cc2Cl)c(Cl)c1. The smallest absolute Gasteiger partial charge is 0.328 e. The van der Waals surface area contributed by atoms with Gasteiger partial charge in [0, 0.05) is 21.7 Å². The molecule has 0 saturated carbocycles. The maximum absolute atomic E-state index is 10.5. The minimum absolute atomic E-state index is 0.166. The lowest BCUT2D eigenvalue weighted by atomic mass is 10.2. The zero-order chi connectivity index (χ0) is 17.0. The number of halogens is 4. The molecule has 120 valence electrons. The van der Waals surface area contributed by atoms with Gasteiger partial charge in [0.1, 0.15) is 6.61 Å². The van der Waals surface area contributed by atoms with Crippen molar-refractivity contribution in [3.05, 3.63) is 67.6 Å². The van der Waals surface area contributed by atoms with Crippen molar-refractivity contribution in [2.75, 3.05) is 0 Å². The van der Waals surface area contributed by atoms with Gasteiger partial charge in [-0.05, 0) is 35.9 Å². The van der Waals surface area contributed by atoms with E-state index >= 15 is 0 Å². The van der Waals surface area contributed by atoms with Crippen LogP contribution in [-0.4, -0.2) is 11.1 Å². The molecule has 0 atom stereocenters. The molecule has 1 N–H and O–H groups in total. The third-order valence-corrected chi connectivity index (χ3v) is 3.97. The lowest BCUT2D eigenvalue weighted by Crippen LogP contribution is -1.98. The molecule has 0 bridgehead atoms. The van der Waals surface area contributed by atoms with Gasteiger partial charge in [0.15, 0.2) is 5.75 Å². The lowest BCUT2D eigenvalue weighted by Gasteiger charge is -2.12. The fraction of sp³-hybridized carbons (Fsp3) is 0.0625. The van der Waals surface area contributed by atoms with E-state index in [-0.39, 0.29) is 16.7 Å². The first-order chi connectivity index (χ1) is 10.9. The molecule has 0 aliphatic carbocycles. The van der Waals surface area contributed by atoms with Crippen molar-refractivity contribution < 1.29 is 14.6 Å². The van der Waals surface area contributed by atoms with Crippen LogP contribution < -0.4 is 4.74 Å². The highest BCUT2D eigenvalue weighted by Gasteiger charge is 2.11. The van der Waals surface area contributed by atoms with Crippen LogP contribution in [0.5, 0.6) is 5.75 Å². The molecule has 23 heavy (non-hydrogen) atoms. The number of carbonyl (C=O) groups is 1. The van der Waals surface area contributed by atoms with E-state index in [0.717, 1.165) is 11.6 Å². The fourth-order valence-electron chi connectivity index (χ4n) is 1.77. The Morgan fingerprint density at radius 2 is 1.70 bits per heavy atom. The summed E-state index contributed by atoms with van der Waals surface area (Å²) in [5.74, 6) is -0.762. The van der Waals surface area contributed by atoms with Crippen molar-refractivity contribution in [1.29, 1.82) is 0 Å². The quantitative estimate of drug-likeness (QED) is 0.638. The van der Waals surface area contributed by atoms with Crippen molar-refractivity contribution in [3.63, 3.8) is 0 Å². The second kappa shape index (κ2) is 7.93. The van der Waals surface area contributed by atoms with E-state index in [4.69, 9.17) is 56.2 Å². The Morgan fingerprint density at radius 1 is 1.04 bits per heavy atom. The van der Waals surface area contributed by atoms with Gasteiger partial charge < -0.3 is 9.84 Å². The molecule has 2 aromatic carbocycles. The maximum Gasteiger partial charge on any atom is 0.328 e. The molecule has 3 nitrogen and oxygen atoms in total. The maximum atomic E-state index is 10.5. The molecule has 2 aromatic rings. The first-order valence-corrected chi connectivity index (χ1v) is 7.85. The Balaban J connectivity index is 2.18. The summed E-state index contributed by atoms with van der Waals surface area (Å²) in [7, 11) is 0. The number of ether oxygens (including phenoxy) is 1. The normalized spacial score (nSPS) is 11.0. The Labute approximate surface area is 153 Å². The average molecular weight is 392 g/mol. The molecule has 0 heterocycles. The zero-order valence-corrected chi connectivity index (χ0v) is 14.5. The molecule has 0 aliphatic heterocycles. The molecule has 0 amide bonds. The molecule has 0 radical (unpaired) electrons. The van der Waals surface area contributed by atoms with Crippen molar-refractivity contribution in [2.45, 2.75) is 6.61 Å². The highest BCUT2D eigenvalue weighted by molar-refractivity contribution is 6.37. The minimum Gasteiger partial charge on any atom is -0.486 e. The highest BCUT2D eigenvalue weighted by atomic mass is 35.5. The van der Waals surface area contributed by atoms with Crippen LogP contribution >= 0.6 is 46.4 Å². The summed E-state index contributed by atoms with van der Waals surface area (Å²) in [4.78, 5) is 10.5. The number of aliphatic carboxylic acids is 1. The van der Waals surface area contributed by atoms with Crippen molar-refractivity contribution in [3.8, 4) is 5.75 Å². The van der Waals surface area contributed by atoms with Crippen LogP contribution in [0.3, 0.4) is 0 Å². The molecule has 0 aliphatic rings. The summed E-state index contributed by atoms with van der Waals surface area (Å²) in [5.41, 5.74) is 1.29. The Morgan fingerprint density at radius 3 is 2.26 bits per heavy atom. The number of benzene rings is 2. The number of rotatable bonds is 5. The Bertz CT molecular complexity index is 749. The van der Waals surface area contributed by atoms with E-state index in [0.29, 0.717) is 21.4 Å². The second-order valence-corrected chi connectivity index (χ2v) is 6.17. The van der Waals surface area contributed by atoms with Gasteiger partial charge in [-0.1, -0.05) is 52.5 Å². The molecular weight excluding hydrogens is 382 g/mol. The van der Waals surface area contributed by atoms with Gasteiger partial charge >= 0.3 is 5.97 Å². The number of hydrogen-bond donors (Lipinski definition) is 1. The van der Waals surface area contributed by atoms with Gasteiger partial charge in [0.2, 0.25) is 0 Å². The summed E-state index contributed by atoms with van der Waals surface area (Å²) in [6.07, 6.45) is 2.38. The van der Waals surface area contributed by atoms with Gasteiger partial charge in [0.25, 0.3) is 0 Å². The summed E-state index contributed by atoms with van der Waals surface area (Å²) in [6, 6.07) is 8.19. The molecular formula is C16H10Cl4O3. The van der Waals surface area contributed by atoms with Crippen molar-refractivity contribution in [1.82, 2.24) is 0 Å². The third-order valence-electron chi connectivity index (χ3n) is 2.83. The predicted octanol–water partition coefficient (Wildman–Crippen LogP) is 5.98. The van der Waals surface area contributed by atoms with E-state index < -0.39 is 5.97 Å². The molecule has 7 heteroatoms. The minimum atomic E-state index is -1.06. The van der Waals surface area contributed by atoms with Crippen LogP contribution in [0.25, 0.3) is 6.08 Å². The monoisotopic (exact) mass is 390 g/mol. The van der Waals surface area contributed by atoms with Gasteiger partial charge in [-0.3, -0.25) is 0 Å². The van der Waals surface area contributed by atoms with Crippen LogP contribution in [-0.2, 0) is 11.4 Å². The van der Waals surface area contributed by atoms with E-state index in [1.165, 1.54) is 6.08 Å². The molecule has 0 aromatic heterocycles. The van der Waals surface area contributed by atoms with Crippen LogP contribution in [0.2, 0.25) is 20.1 Å². The van der Waals surface area contributed by atoms with Gasteiger partial charge in [0.05, 0.1) is 10.0 Å². The van der Waals surface area contributed by atoms with Crippen LogP contribution in [0.4, 0.5) is 0 Å². The molecule has 2 rings (SSSR count). The molecule has 0 unspecified atom stereocenters. The number of carboxylic acid groups (broad SMARTS) is 1. The van der Waals surface area contributed by atoms with Gasteiger partial charge in [-0.2, -0.15) is 0 Å². The van der Waals surface area contributed by atoms with Crippen LogP contribution in [0.15, 0.2) is 36.4 Å². The first-order valence-electron chi connectivity index (χ1n) is 6.33. The zero-order valence-electron chi connectivity index (χ0n) is 11.5. The topological polar surface area (TPSA) is 46.5 Å². The van der Waals surface area contributed by atoms with E-state index in [1.807, 2.05) is 0 Å². The van der Waals surface area contributed by atoms with Crippen LogP contribution in [0.1, 0.15) is 11.1 Å². The van der Waals surface area contributed by atoms with E-state index in [1.54, 1.807) is 30.3 Å². The Kier molecular flexibility index (Phi) is 6.19. The molecule has 0 fully saturated rings. The van der Waals surface area contributed by atoms with Crippen LogP contribution in [0, 0.1) is 0 Å². The number of hydrogen-bond acceptors (Lipinski definition) is 2. The van der Waals surface area contributed by atoms with Gasteiger partial charge in [-0.15, -0.1) is 0 Å². The number of carboxylic acids is 1. The lowest BCUT2D eigenvalue weighted by molar-refractivity contribution is -0.131. The molecule has 0 spiro atoms. The fourth-order valence-corrected chi connectivity index (χ4v) is 2.85. The third kappa shape index (κ3) is 5.05.